The van der Waals surface area contributed by atoms with Gasteiger partial charge < -0.3 is 14.6 Å². The summed E-state index contributed by atoms with van der Waals surface area (Å²) >= 11 is 1.34. The number of thioether (sulfide) groups is 1. The van der Waals surface area contributed by atoms with Crippen LogP contribution >= 0.6 is 11.8 Å². The summed E-state index contributed by atoms with van der Waals surface area (Å²) in [7, 11) is 3.18. The van der Waals surface area contributed by atoms with Crippen LogP contribution in [0.3, 0.4) is 0 Å². The first-order valence-electron chi connectivity index (χ1n) is 3.77. The van der Waals surface area contributed by atoms with Gasteiger partial charge >= 0.3 is 0 Å². The second-order valence-electron chi connectivity index (χ2n) is 2.29. The Bertz CT molecular complexity index is 276. The number of ether oxygens (including phenoxy) is 2. The van der Waals surface area contributed by atoms with Gasteiger partial charge in [0.05, 0.1) is 20.2 Å². The van der Waals surface area contributed by atoms with Gasteiger partial charge in [-0.1, -0.05) is 11.8 Å². The van der Waals surface area contributed by atoms with E-state index in [1.165, 1.54) is 11.8 Å². The molecule has 0 saturated heterocycles. The highest BCUT2D eigenvalue weighted by atomic mass is 32.2. The summed E-state index contributed by atoms with van der Waals surface area (Å²) < 4.78 is 10.2. The molecule has 13 heavy (non-hydrogen) atoms. The maximum absolute atomic E-state index is 8.70. The molecule has 0 aromatic heterocycles. The normalized spacial score (nSPS) is 9.77. The lowest BCUT2D eigenvalue weighted by Gasteiger charge is -2.08. The summed E-state index contributed by atoms with van der Waals surface area (Å²) in [5.41, 5.74) is 0. The molecule has 3 nitrogen and oxygen atoms in total. The Morgan fingerprint density at radius 1 is 1.23 bits per heavy atom. The van der Waals surface area contributed by atoms with Crippen molar-refractivity contribution in [3.63, 3.8) is 0 Å². The van der Waals surface area contributed by atoms with E-state index in [0.29, 0.717) is 11.5 Å². The molecule has 1 aromatic carbocycles. The van der Waals surface area contributed by atoms with Gasteiger partial charge in [-0.25, -0.2) is 0 Å². The standard InChI is InChI=1S/C9H12O3S/c1-11-8-4-3-7(13-6-10)5-9(8)12-2/h3-5,10H,6H2,1-2H3. The molecule has 1 N–H and O–H groups in total. The van der Waals surface area contributed by atoms with Crippen molar-refractivity contribution < 1.29 is 14.6 Å². The molecule has 0 aliphatic rings. The number of aliphatic hydroxyl groups excluding tert-OH is 1. The number of aliphatic hydroxyl groups is 1. The minimum absolute atomic E-state index is 0.0650. The van der Waals surface area contributed by atoms with Crippen molar-refractivity contribution in [2.75, 3.05) is 20.2 Å². The predicted octanol–water partition coefficient (Wildman–Crippen LogP) is 1.75. The zero-order chi connectivity index (χ0) is 9.68. The number of hydrogen-bond acceptors (Lipinski definition) is 4. The molecule has 0 aliphatic carbocycles. The van der Waals surface area contributed by atoms with E-state index in [1.54, 1.807) is 14.2 Å². The molecular weight excluding hydrogens is 188 g/mol. The van der Waals surface area contributed by atoms with E-state index in [0.717, 1.165) is 4.90 Å². The third-order valence-corrected chi connectivity index (χ3v) is 2.30. The quantitative estimate of drug-likeness (QED) is 0.593. The van der Waals surface area contributed by atoms with Gasteiger partial charge in [0.15, 0.2) is 11.5 Å². The van der Waals surface area contributed by atoms with E-state index < -0.39 is 0 Å². The molecule has 1 rings (SSSR count). The van der Waals surface area contributed by atoms with Crippen molar-refractivity contribution in [2.24, 2.45) is 0 Å². The van der Waals surface area contributed by atoms with Crippen LogP contribution in [0.4, 0.5) is 0 Å². The highest BCUT2D eigenvalue weighted by molar-refractivity contribution is 7.99. The Morgan fingerprint density at radius 3 is 2.46 bits per heavy atom. The number of hydrogen-bond donors (Lipinski definition) is 1. The molecule has 0 radical (unpaired) electrons. The smallest absolute Gasteiger partial charge is 0.161 e. The van der Waals surface area contributed by atoms with Crippen LogP contribution in [-0.4, -0.2) is 25.3 Å². The van der Waals surface area contributed by atoms with E-state index >= 15 is 0 Å². The summed E-state index contributed by atoms with van der Waals surface area (Å²) in [6.07, 6.45) is 0. The maximum atomic E-state index is 8.70. The van der Waals surface area contributed by atoms with Gasteiger partial charge in [0.1, 0.15) is 0 Å². The van der Waals surface area contributed by atoms with Crippen molar-refractivity contribution >= 4 is 11.8 Å². The van der Waals surface area contributed by atoms with E-state index in [-0.39, 0.29) is 5.94 Å². The highest BCUT2D eigenvalue weighted by Crippen LogP contribution is 2.31. The van der Waals surface area contributed by atoms with Gasteiger partial charge in [0.25, 0.3) is 0 Å². The number of methoxy groups -OCH3 is 2. The summed E-state index contributed by atoms with van der Waals surface area (Å²) in [6, 6.07) is 5.53. The Hall–Kier alpha value is -0.870. The van der Waals surface area contributed by atoms with E-state index in [1.807, 2.05) is 18.2 Å². The molecule has 0 spiro atoms. The van der Waals surface area contributed by atoms with Gasteiger partial charge in [0.2, 0.25) is 0 Å². The Balaban J connectivity index is 2.91. The Morgan fingerprint density at radius 2 is 1.92 bits per heavy atom. The van der Waals surface area contributed by atoms with Gasteiger partial charge in [-0.15, -0.1) is 0 Å². The largest absolute Gasteiger partial charge is 0.493 e. The third-order valence-electron chi connectivity index (χ3n) is 1.59. The van der Waals surface area contributed by atoms with E-state index in [4.69, 9.17) is 14.6 Å². The summed E-state index contributed by atoms with van der Waals surface area (Å²) in [5.74, 6) is 1.45. The fraction of sp³-hybridized carbons (Fsp3) is 0.333. The molecule has 0 unspecified atom stereocenters. The van der Waals surface area contributed by atoms with Crippen LogP contribution in [0.5, 0.6) is 11.5 Å². The van der Waals surface area contributed by atoms with Crippen LogP contribution < -0.4 is 9.47 Å². The monoisotopic (exact) mass is 200 g/mol. The maximum Gasteiger partial charge on any atom is 0.161 e. The Kier molecular flexibility index (Phi) is 3.92. The summed E-state index contributed by atoms with van der Waals surface area (Å²) in [4.78, 5) is 0.958. The summed E-state index contributed by atoms with van der Waals surface area (Å²) in [6.45, 7) is 0. The SMILES string of the molecule is COc1ccc(SCO)cc1OC. The molecule has 0 saturated carbocycles. The molecule has 4 heteroatoms. The van der Waals surface area contributed by atoms with Crippen LogP contribution in [0.2, 0.25) is 0 Å². The number of rotatable bonds is 4. The van der Waals surface area contributed by atoms with Crippen molar-refractivity contribution in [3.8, 4) is 11.5 Å². The lowest BCUT2D eigenvalue weighted by Crippen LogP contribution is -1.90. The molecule has 72 valence electrons. The fourth-order valence-electron chi connectivity index (χ4n) is 0.981. The fourth-order valence-corrected chi connectivity index (χ4v) is 1.48. The molecule has 0 bridgehead atoms. The van der Waals surface area contributed by atoms with Crippen LogP contribution in [0.25, 0.3) is 0 Å². The Labute approximate surface area is 81.7 Å². The predicted molar refractivity (Wildman–Crippen MR) is 52.5 cm³/mol. The number of benzene rings is 1. The molecule has 1 aromatic rings. The van der Waals surface area contributed by atoms with Crippen molar-refractivity contribution in [1.82, 2.24) is 0 Å². The lowest BCUT2D eigenvalue weighted by molar-refractivity contribution is 0.354. The van der Waals surface area contributed by atoms with Gasteiger partial charge in [-0.05, 0) is 18.2 Å². The van der Waals surface area contributed by atoms with Crippen LogP contribution in [0, 0.1) is 0 Å². The van der Waals surface area contributed by atoms with Gasteiger partial charge in [0, 0.05) is 4.90 Å². The van der Waals surface area contributed by atoms with Crippen LogP contribution in [-0.2, 0) is 0 Å². The lowest BCUT2D eigenvalue weighted by atomic mass is 10.3. The minimum Gasteiger partial charge on any atom is -0.493 e. The average molecular weight is 200 g/mol. The third kappa shape index (κ3) is 2.54. The first-order chi connectivity index (χ1) is 6.31. The average Bonchev–Trinajstić information content (AvgIpc) is 2.18. The second kappa shape index (κ2) is 4.99. The molecule has 0 heterocycles. The van der Waals surface area contributed by atoms with Gasteiger partial charge in [-0.2, -0.15) is 0 Å². The van der Waals surface area contributed by atoms with Gasteiger partial charge in [-0.3, -0.25) is 0 Å². The molecule has 0 amide bonds. The summed E-state index contributed by atoms with van der Waals surface area (Å²) in [5, 5.41) is 8.70. The van der Waals surface area contributed by atoms with E-state index in [2.05, 4.69) is 0 Å². The first kappa shape index (κ1) is 10.2. The topological polar surface area (TPSA) is 38.7 Å². The zero-order valence-corrected chi connectivity index (χ0v) is 8.43. The first-order valence-corrected chi connectivity index (χ1v) is 4.76. The molecule has 0 aliphatic heterocycles. The van der Waals surface area contributed by atoms with Crippen molar-refractivity contribution in [3.05, 3.63) is 18.2 Å². The van der Waals surface area contributed by atoms with Crippen LogP contribution in [0.1, 0.15) is 0 Å². The molecule has 0 fully saturated rings. The van der Waals surface area contributed by atoms with E-state index in [9.17, 15) is 0 Å². The second-order valence-corrected chi connectivity index (χ2v) is 3.31. The molecule has 0 atom stereocenters. The van der Waals surface area contributed by atoms with Crippen LogP contribution in [0.15, 0.2) is 23.1 Å². The van der Waals surface area contributed by atoms with Crippen molar-refractivity contribution in [1.29, 1.82) is 0 Å². The minimum atomic E-state index is 0.0650. The zero-order valence-electron chi connectivity index (χ0n) is 7.61. The molecular formula is C9H12O3S. The van der Waals surface area contributed by atoms with Crippen molar-refractivity contribution in [2.45, 2.75) is 4.90 Å². The highest BCUT2D eigenvalue weighted by Gasteiger charge is 2.03.